The predicted octanol–water partition coefficient (Wildman–Crippen LogP) is 1.88. The Kier molecular flexibility index (Phi) is 6.67. The zero-order valence-corrected chi connectivity index (χ0v) is 17.8. The van der Waals surface area contributed by atoms with Gasteiger partial charge in [0.25, 0.3) is 5.91 Å². The van der Waals surface area contributed by atoms with Crippen LogP contribution in [0.2, 0.25) is 0 Å². The fourth-order valence-corrected chi connectivity index (χ4v) is 4.78. The molecule has 4 atom stereocenters. The van der Waals surface area contributed by atoms with Crippen molar-refractivity contribution >= 4 is 5.91 Å². The summed E-state index contributed by atoms with van der Waals surface area (Å²) >= 11 is 0. The Morgan fingerprint density at radius 1 is 1.16 bits per heavy atom. The molecule has 0 unspecified atom stereocenters. The highest BCUT2D eigenvalue weighted by Crippen LogP contribution is 2.42. The van der Waals surface area contributed by atoms with Crippen molar-refractivity contribution in [3.63, 3.8) is 0 Å². The lowest BCUT2D eigenvalue weighted by atomic mass is 9.74. The number of pyridine rings is 1. The van der Waals surface area contributed by atoms with Crippen molar-refractivity contribution in [2.24, 2.45) is 0 Å². The zero-order valence-electron chi connectivity index (χ0n) is 17.8. The van der Waals surface area contributed by atoms with E-state index in [4.69, 9.17) is 0 Å². The molecule has 6 nitrogen and oxygen atoms in total. The molecule has 3 heterocycles. The van der Waals surface area contributed by atoms with E-state index in [0.717, 1.165) is 37.1 Å². The summed E-state index contributed by atoms with van der Waals surface area (Å²) in [6.45, 7) is 4.08. The first-order chi connectivity index (χ1) is 15.1. The highest BCUT2D eigenvalue weighted by molar-refractivity contribution is 5.94. The second-order valence-corrected chi connectivity index (χ2v) is 8.34. The van der Waals surface area contributed by atoms with Crippen molar-refractivity contribution in [1.29, 1.82) is 0 Å². The van der Waals surface area contributed by atoms with Crippen LogP contribution in [0.5, 0.6) is 0 Å². The molecule has 0 spiro atoms. The maximum Gasteiger partial charge on any atom is 0.254 e. The molecule has 4 rings (SSSR count). The standard InChI is InChI=1S/C25H29N3O3/c1-18(30)4-5-19-6-8-20(9-7-19)24-22-16-27(25(31)21-10-12-26-13-11-21)14-2-3-15-28(22)23(24)17-29/h6-13,18,22-24,29-30H,2-3,14-17H2,1H3/t18-,22+,23-,24+/m1/s1. The van der Waals surface area contributed by atoms with Crippen LogP contribution in [0.4, 0.5) is 0 Å². The van der Waals surface area contributed by atoms with E-state index in [1.807, 2.05) is 17.0 Å². The fourth-order valence-electron chi connectivity index (χ4n) is 4.78. The highest BCUT2D eigenvalue weighted by atomic mass is 16.3. The van der Waals surface area contributed by atoms with Crippen molar-refractivity contribution < 1.29 is 15.0 Å². The summed E-state index contributed by atoms with van der Waals surface area (Å²) in [5.74, 6) is 5.93. The molecular formula is C25H29N3O3. The number of hydrogen-bond acceptors (Lipinski definition) is 5. The second kappa shape index (κ2) is 9.61. The number of nitrogens with zero attached hydrogens (tertiary/aromatic N) is 3. The number of carbonyl (C=O) groups is 1. The quantitative estimate of drug-likeness (QED) is 0.743. The minimum Gasteiger partial charge on any atom is -0.395 e. The first-order valence-corrected chi connectivity index (χ1v) is 10.9. The monoisotopic (exact) mass is 419 g/mol. The Morgan fingerprint density at radius 3 is 2.55 bits per heavy atom. The van der Waals surface area contributed by atoms with E-state index in [9.17, 15) is 15.0 Å². The molecule has 0 radical (unpaired) electrons. The van der Waals surface area contributed by atoms with Gasteiger partial charge in [0.05, 0.1) is 6.61 Å². The van der Waals surface area contributed by atoms with Crippen molar-refractivity contribution in [3.8, 4) is 11.8 Å². The van der Waals surface area contributed by atoms with E-state index in [0.29, 0.717) is 12.1 Å². The molecule has 162 valence electrons. The third kappa shape index (κ3) is 4.64. The van der Waals surface area contributed by atoms with E-state index in [1.165, 1.54) is 0 Å². The SMILES string of the molecule is C[C@@H](O)C#Cc1ccc([C@@H]2[C@@H](CO)N3CCCCN(C(=O)c4ccncc4)C[C@@H]23)cc1. The Balaban J connectivity index is 1.56. The van der Waals surface area contributed by atoms with Gasteiger partial charge in [-0.1, -0.05) is 24.0 Å². The Morgan fingerprint density at radius 2 is 1.87 bits per heavy atom. The molecule has 2 N–H and O–H groups in total. The summed E-state index contributed by atoms with van der Waals surface area (Å²) in [5, 5.41) is 19.5. The Labute approximate surface area is 183 Å². The number of amides is 1. The van der Waals surface area contributed by atoms with Gasteiger partial charge in [0.2, 0.25) is 0 Å². The van der Waals surface area contributed by atoms with Crippen molar-refractivity contribution in [3.05, 3.63) is 65.5 Å². The molecule has 0 aliphatic carbocycles. The van der Waals surface area contributed by atoms with Crippen LogP contribution in [0, 0.1) is 11.8 Å². The number of aromatic nitrogens is 1. The van der Waals surface area contributed by atoms with Gasteiger partial charge in [-0.25, -0.2) is 0 Å². The van der Waals surface area contributed by atoms with E-state index in [1.54, 1.807) is 31.5 Å². The van der Waals surface area contributed by atoms with Gasteiger partial charge in [-0.3, -0.25) is 14.7 Å². The smallest absolute Gasteiger partial charge is 0.254 e. The Bertz CT molecular complexity index is 949. The van der Waals surface area contributed by atoms with Gasteiger partial charge >= 0.3 is 0 Å². The molecule has 2 aliphatic rings. The molecule has 6 heteroatoms. The summed E-state index contributed by atoms with van der Waals surface area (Å²) in [4.78, 5) is 21.4. The summed E-state index contributed by atoms with van der Waals surface area (Å²) in [7, 11) is 0. The molecule has 2 aromatic rings. The minimum atomic E-state index is -0.655. The molecule has 0 bridgehead atoms. The van der Waals surface area contributed by atoms with Gasteiger partial charge < -0.3 is 15.1 Å². The topological polar surface area (TPSA) is 76.9 Å². The fraction of sp³-hybridized carbons (Fsp3) is 0.440. The molecule has 2 aliphatic heterocycles. The van der Waals surface area contributed by atoms with E-state index in [2.05, 4.69) is 33.9 Å². The molecule has 1 amide bonds. The average Bonchev–Trinajstić information content (AvgIpc) is 2.77. The molecule has 1 aromatic carbocycles. The van der Waals surface area contributed by atoms with E-state index >= 15 is 0 Å². The lowest BCUT2D eigenvalue weighted by Gasteiger charge is -2.57. The lowest BCUT2D eigenvalue weighted by molar-refractivity contribution is -0.0606. The number of fused-ring (bicyclic) bond motifs is 1. The molecule has 0 saturated carbocycles. The molecule has 2 fully saturated rings. The summed E-state index contributed by atoms with van der Waals surface area (Å²) in [5.41, 5.74) is 2.67. The number of rotatable bonds is 3. The van der Waals surface area contributed by atoms with Crippen LogP contribution >= 0.6 is 0 Å². The van der Waals surface area contributed by atoms with Crippen LogP contribution < -0.4 is 0 Å². The number of carbonyl (C=O) groups excluding carboxylic acids is 1. The van der Waals surface area contributed by atoms with Crippen LogP contribution in [0.15, 0.2) is 48.8 Å². The summed E-state index contributed by atoms with van der Waals surface area (Å²) in [6, 6.07) is 11.8. The maximum atomic E-state index is 13.1. The lowest BCUT2D eigenvalue weighted by Crippen LogP contribution is -2.67. The molecule has 1 aromatic heterocycles. The summed E-state index contributed by atoms with van der Waals surface area (Å²) in [6.07, 6.45) is 4.61. The van der Waals surface area contributed by atoms with Gasteiger partial charge in [-0.05, 0) is 56.1 Å². The normalized spacial score (nSPS) is 24.6. The third-order valence-corrected chi connectivity index (χ3v) is 6.31. The van der Waals surface area contributed by atoms with E-state index in [-0.39, 0.29) is 30.5 Å². The van der Waals surface area contributed by atoms with Gasteiger partial charge in [0, 0.05) is 54.6 Å². The second-order valence-electron chi connectivity index (χ2n) is 8.34. The molecular weight excluding hydrogens is 390 g/mol. The maximum absolute atomic E-state index is 13.1. The van der Waals surface area contributed by atoms with Crippen LogP contribution in [0.1, 0.15) is 47.2 Å². The van der Waals surface area contributed by atoms with Crippen LogP contribution in [0.3, 0.4) is 0 Å². The van der Waals surface area contributed by atoms with Crippen LogP contribution in [0.25, 0.3) is 0 Å². The number of aliphatic hydroxyl groups excluding tert-OH is 2. The number of aliphatic hydroxyl groups is 2. The Hall–Kier alpha value is -2.72. The summed E-state index contributed by atoms with van der Waals surface area (Å²) < 4.78 is 0. The van der Waals surface area contributed by atoms with Gasteiger partial charge in [-0.15, -0.1) is 0 Å². The first kappa shape index (κ1) is 21.5. The highest BCUT2D eigenvalue weighted by Gasteiger charge is 2.49. The average molecular weight is 420 g/mol. The largest absolute Gasteiger partial charge is 0.395 e. The third-order valence-electron chi connectivity index (χ3n) is 6.31. The van der Waals surface area contributed by atoms with Gasteiger partial charge in [0.1, 0.15) is 6.10 Å². The predicted molar refractivity (Wildman–Crippen MR) is 118 cm³/mol. The zero-order chi connectivity index (χ0) is 21.8. The van der Waals surface area contributed by atoms with Crippen LogP contribution in [-0.2, 0) is 0 Å². The number of benzene rings is 1. The molecule has 2 saturated heterocycles. The first-order valence-electron chi connectivity index (χ1n) is 10.9. The minimum absolute atomic E-state index is 0.0409. The van der Waals surface area contributed by atoms with Gasteiger partial charge in [-0.2, -0.15) is 0 Å². The molecule has 31 heavy (non-hydrogen) atoms. The van der Waals surface area contributed by atoms with Crippen molar-refractivity contribution in [2.45, 2.75) is 43.9 Å². The van der Waals surface area contributed by atoms with Crippen molar-refractivity contribution in [1.82, 2.24) is 14.8 Å². The van der Waals surface area contributed by atoms with Crippen molar-refractivity contribution in [2.75, 3.05) is 26.2 Å². The number of hydrogen-bond donors (Lipinski definition) is 2. The van der Waals surface area contributed by atoms with E-state index < -0.39 is 6.10 Å². The van der Waals surface area contributed by atoms with Gasteiger partial charge in [0.15, 0.2) is 0 Å². The van der Waals surface area contributed by atoms with Crippen LogP contribution in [-0.4, -0.2) is 75.3 Å².